The molecule has 1 unspecified atom stereocenters. The van der Waals surface area contributed by atoms with Crippen molar-refractivity contribution in [2.24, 2.45) is 0 Å². The van der Waals surface area contributed by atoms with Crippen molar-refractivity contribution < 1.29 is 13.2 Å². The van der Waals surface area contributed by atoms with Gasteiger partial charge in [0.15, 0.2) is 9.84 Å². The van der Waals surface area contributed by atoms with Crippen molar-refractivity contribution in [1.29, 1.82) is 0 Å². The Morgan fingerprint density at radius 2 is 2.05 bits per heavy atom. The summed E-state index contributed by atoms with van der Waals surface area (Å²) in [5, 5.41) is 1.49. The van der Waals surface area contributed by atoms with Crippen molar-refractivity contribution in [3.63, 3.8) is 0 Å². The van der Waals surface area contributed by atoms with Gasteiger partial charge in [0.25, 0.3) is 0 Å². The van der Waals surface area contributed by atoms with Crippen LogP contribution in [0, 0.1) is 0 Å². The second-order valence-corrected chi connectivity index (χ2v) is 8.02. The monoisotopic (exact) mass is 376 g/mol. The lowest BCUT2D eigenvalue weighted by Gasteiger charge is -2.15. The zero-order chi connectivity index (χ0) is 16.0. The molecule has 3 N–H and O–H groups in total. The number of carbonyl (C=O) groups is 1. The highest BCUT2D eigenvalue weighted by atomic mass is 79.9. The number of anilines is 1. The van der Waals surface area contributed by atoms with E-state index < -0.39 is 21.0 Å². The first-order valence-electron chi connectivity index (χ1n) is 6.87. The van der Waals surface area contributed by atoms with Crippen molar-refractivity contribution in [2.75, 3.05) is 12.3 Å². The van der Waals surface area contributed by atoms with E-state index in [4.69, 9.17) is 5.73 Å². The first kappa shape index (κ1) is 18.0. The molecular weight excluding hydrogens is 356 g/mol. The summed E-state index contributed by atoms with van der Waals surface area (Å²) in [4.78, 5) is 12.0. The molecule has 0 radical (unpaired) electrons. The Morgan fingerprint density at radius 3 is 2.62 bits per heavy atom. The summed E-state index contributed by atoms with van der Waals surface area (Å²) in [6.07, 6.45) is 2.88. The van der Waals surface area contributed by atoms with Crippen LogP contribution in [-0.2, 0) is 14.6 Å². The van der Waals surface area contributed by atoms with Gasteiger partial charge >= 0.3 is 0 Å². The van der Waals surface area contributed by atoms with Crippen LogP contribution >= 0.6 is 15.9 Å². The smallest absolute Gasteiger partial charge is 0.238 e. The summed E-state index contributed by atoms with van der Waals surface area (Å²) in [6, 6.07) is 4.52. The lowest BCUT2D eigenvalue weighted by molar-refractivity contribution is -0.120. The largest absolute Gasteiger partial charge is 0.398 e. The minimum Gasteiger partial charge on any atom is -0.398 e. The Hall–Kier alpha value is -1.08. The Balaban J connectivity index is 2.84. The van der Waals surface area contributed by atoms with Crippen molar-refractivity contribution in [1.82, 2.24) is 5.32 Å². The van der Waals surface area contributed by atoms with Crippen LogP contribution in [-0.4, -0.2) is 26.1 Å². The van der Waals surface area contributed by atoms with Gasteiger partial charge in [-0.15, -0.1) is 0 Å². The van der Waals surface area contributed by atoms with Crippen molar-refractivity contribution >= 4 is 37.4 Å². The molecule has 0 spiro atoms. The molecule has 1 rings (SSSR count). The summed E-state index contributed by atoms with van der Waals surface area (Å²) in [5.74, 6) is -0.492. The fourth-order valence-electron chi connectivity index (χ4n) is 1.84. The van der Waals surface area contributed by atoms with Gasteiger partial charge in [-0.1, -0.05) is 35.7 Å². The van der Waals surface area contributed by atoms with Gasteiger partial charge in [-0.2, -0.15) is 0 Å². The first-order valence-corrected chi connectivity index (χ1v) is 9.21. The second-order valence-electron chi connectivity index (χ2n) is 4.87. The Bertz CT molecular complexity index is 602. The third-order valence-corrected chi connectivity index (χ3v) is 5.82. The molecule has 7 heteroatoms. The molecule has 0 aliphatic rings. The number of nitrogen functional groups attached to an aromatic ring is 1. The van der Waals surface area contributed by atoms with Gasteiger partial charge in [-0.05, 0) is 31.5 Å². The standard InChI is InChI=1S/C14H21BrN2O3S/c1-3-4-5-8-17-14(18)10(2)21(19,20)13-7-6-11(15)9-12(13)16/h6-7,9-10H,3-5,8,16H2,1-2H3,(H,17,18). The highest BCUT2D eigenvalue weighted by Gasteiger charge is 2.31. The minimum atomic E-state index is -3.79. The highest BCUT2D eigenvalue weighted by molar-refractivity contribution is 9.10. The van der Waals surface area contributed by atoms with E-state index in [9.17, 15) is 13.2 Å². The molecule has 1 aromatic rings. The summed E-state index contributed by atoms with van der Waals surface area (Å²) in [6.45, 7) is 3.93. The normalized spacial score (nSPS) is 12.9. The Kier molecular flexibility index (Phi) is 6.67. The van der Waals surface area contributed by atoms with Crippen LogP contribution in [0.4, 0.5) is 5.69 Å². The molecule has 21 heavy (non-hydrogen) atoms. The number of carbonyl (C=O) groups excluding carboxylic acids is 1. The van der Waals surface area contributed by atoms with Gasteiger partial charge < -0.3 is 11.1 Å². The molecule has 0 fully saturated rings. The fraction of sp³-hybridized carbons (Fsp3) is 0.500. The maximum atomic E-state index is 12.4. The van der Waals surface area contributed by atoms with E-state index >= 15 is 0 Å². The first-order chi connectivity index (χ1) is 9.80. The number of sulfone groups is 1. The van der Waals surface area contributed by atoms with Crippen LogP contribution in [0.2, 0.25) is 0 Å². The van der Waals surface area contributed by atoms with E-state index in [0.29, 0.717) is 11.0 Å². The van der Waals surface area contributed by atoms with Crippen molar-refractivity contribution in [3.8, 4) is 0 Å². The van der Waals surface area contributed by atoms with Crippen molar-refractivity contribution in [2.45, 2.75) is 43.3 Å². The third-order valence-electron chi connectivity index (χ3n) is 3.19. The molecular formula is C14H21BrN2O3S. The Morgan fingerprint density at radius 1 is 1.38 bits per heavy atom. The molecule has 0 bridgehead atoms. The van der Waals surface area contributed by atoms with Gasteiger partial charge in [-0.25, -0.2) is 8.42 Å². The molecule has 0 aromatic heterocycles. The van der Waals surface area contributed by atoms with Crippen LogP contribution in [0.15, 0.2) is 27.6 Å². The number of benzene rings is 1. The number of rotatable bonds is 7. The average molecular weight is 377 g/mol. The highest BCUT2D eigenvalue weighted by Crippen LogP contribution is 2.26. The number of nitrogens with one attached hydrogen (secondary N) is 1. The van der Waals surface area contributed by atoms with Crippen LogP contribution in [0.25, 0.3) is 0 Å². The maximum absolute atomic E-state index is 12.4. The van der Waals surface area contributed by atoms with Crippen LogP contribution in [0.5, 0.6) is 0 Å². The number of nitrogens with two attached hydrogens (primary N) is 1. The predicted octanol–water partition coefficient (Wildman–Crippen LogP) is 2.50. The summed E-state index contributed by atoms with van der Waals surface area (Å²) < 4.78 is 25.6. The van der Waals surface area contributed by atoms with E-state index in [1.165, 1.54) is 19.1 Å². The predicted molar refractivity (Wildman–Crippen MR) is 87.7 cm³/mol. The fourth-order valence-corrected chi connectivity index (χ4v) is 3.61. The molecule has 0 heterocycles. The quantitative estimate of drug-likeness (QED) is 0.564. The third kappa shape index (κ3) is 4.71. The van der Waals surface area contributed by atoms with Crippen LogP contribution in [0.3, 0.4) is 0 Å². The zero-order valence-electron chi connectivity index (χ0n) is 12.2. The summed E-state index contributed by atoms with van der Waals surface area (Å²) >= 11 is 3.22. The van der Waals surface area contributed by atoms with Gasteiger partial charge in [-0.3, -0.25) is 4.79 Å². The molecule has 5 nitrogen and oxygen atoms in total. The van der Waals surface area contributed by atoms with E-state index in [0.717, 1.165) is 19.3 Å². The summed E-state index contributed by atoms with van der Waals surface area (Å²) in [7, 11) is -3.79. The van der Waals surface area contributed by atoms with Crippen LogP contribution < -0.4 is 11.1 Å². The van der Waals surface area contributed by atoms with Crippen molar-refractivity contribution in [3.05, 3.63) is 22.7 Å². The molecule has 0 aliphatic heterocycles. The Labute approximate surface area is 134 Å². The van der Waals surface area contributed by atoms with Crippen LogP contribution in [0.1, 0.15) is 33.1 Å². The van der Waals surface area contributed by atoms with E-state index in [2.05, 4.69) is 28.2 Å². The number of unbranched alkanes of at least 4 members (excludes halogenated alkanes) is 2. The molecule has 1 aromatic carbocycles. The number of hydrogen-bond acceptors (Lipinski definition) is 4. The molecule has 0 saturated carbocycles. The van der Waals surface area contributed by atoms with E-state index in [-0.39, 0.29) is 10.6 Å². The van der Waals surface area contributed by atoms with Gasteiger partial charge in [0.05, 0.1) is 10.6 Å². The number of hydrogen-bond donors (Lipinski definition) is 2. The van der Waals surface area contributed by atoms with Gasteiger partial charge in [0.1, 0.15) is 5.25 Å². The number of amides is 1. The maximum Gasteiger partial charge on any atom is 0.238 e. The molecule has 1 amide bonds. The minimum absolute atomic E-state index is 0.0121. The molecule has 1 atom stereocenters. The van der Waals surface area contributed by atoms with Gasteiger partial charge in [0.2, 0.25) is 5.91 Å². The SMILES string of the molecule is CCCCCNC(=O)C(C)S(=O)(=O)c1ccc(Br)cc1N. The van der Waals surface area contributed by atoms with E-state index in [1.54, 1.807) is 6.07 Å². The molecule has 0 aliphatic carbocycles. The number of halogens is 1. The lowest BCUT2D eigenvalue weighted by atomic mass is 10.2. The topological polar surface area (TPSA) is 89.3 Å². The molecule has 118 valence electrons. The second kappa shape index (κ2) is 7.79. The summed E-state index contributed by atoms with van der Waals surface area (Å²) in [5.41, 5.74) is 5.88. The molecule has 0 saturated heterocycles. The average Bonchev–Trinajstić information content (AvgIpc) is 2.42. The van der Waals surface area contributed by atoms with Gasteiger partial charge in [0, 0.05) is 11.0 Å². The zero-order valence-corrected chi connectivity index (χ0v) is 14.6. The lowest BCUT2D eigenvalue weighted by Crippen LogP contribution is -2.38. The van der Waals surface area contributed by atoms with E-state index in [1.807, 2.05) is 0 Å².